The van der Waals surface area contributed by atoms with Gasteiger partial charge in [-0.15, -0.1) is 0 Å². The molecule has 0 aromatic carbocycles. The van der Waals surface area contributed by atoms with Gasteiger partial charge in [0.1, 0.15) is 0 Å². The quantitative estimate of drug-likeness (QED) is 0.432. The zero-order chi connectivity index (χ0) is 26.3. The standard InChI is InChI=1S/C33H51NO3/c1-19(2)7-10-30(36)34-18-20(3)15-29-31(34)22(5)33(37-29)14-12-25-26-9-8-23-16-24(35)11-13-32(23,6)28(26)17-27(25)21(33)4/h8,19-20,22,24-26,28-29,31,35H,7,9-18H2,1-6H3/t20?,22-,24?,25?,26?,28?,29?,31?,32?,33?/m1/s1. The lowest BCUT2D eigenvalue weighted by atomic mass is 9.56. The van der Waals surface area contributed by atoms with Crippen LogP contribution in [0.2, 0.25) is 0 Å². The highest BCUT2D eigenvalue weighted by Crippen LogP contribution is 2.65. The van der Waals surface area contributed by atoms with Crippen molar-refractivity contribution in [2.75, 3.05) is 6.54 Å². The topological polar surface area (TPSA) is 49.8 Å². The second-order valence-corrected chi connectivity index (χ2v) is 14.7. The number of aliphatic hydroxyl groups excluding tert-OH is 1. The van der Waals surface area contributed by atoms with Gasteiger partial charge < -0.3 is 14.7 Å². The molecule has 206 valence electrons. The van der Waals surface area contributed by atoms with E-state index in [0.717, 1.165) is 51.0 Å². The summed E-state index contributed by atoms with van der Waals surface area (Å²) in [5.41, 5.74) is 4.84. The Balaban J connectivity index is 1.29. The maximum absolute atomic E-state index is 13.5. The first-order chi connectivity index (χ1) is 17.5. The van der Waals surface area contributed by atoms with E-state index in [1.165, 1.54) is 24.8 Å². The van der Waals surface area contributed by atoms with Gasteiger partial charge in [0.15, 0.2) is 0 Å². The third kappa shape index (κ3) is 3.93. The maximum Gasteiger partial charge on any atom is 0.222 e. The van der Waals surface area contributed by atoms with Crippen LogP contribution in [-0.2, 0) is 9.53 Å². The zero-order valence-electron chi connectivity index (χ0n) is 24.3. The van der Waals surface area contributed by atoms with Crippen molar-refractivity contribution in [3.8, 4) is 0 Å². The van der Waals surface area contributed by atoms with Gasteiger partial charge in [-0.1, -0.05) is 51.8 Å². The fraction of sp³-hybridized carbons (Fsp3) is 0.848. The Kier molecular flexibility index (Phi) is 6.51. The van der Waals surface area contributed by atoms with Gasteiger partial charge in [0.25, 0.3) is 0 Å². The molecule has 10 atom stereocenters. The summed E-state index contributed by atoms with van der Waals surface area (Å²) in [4.78, 5) is 15.7. The van der Waals surface area contributed by atoms with Gasteiger partial charge in [-0.25, -0.2) is 0 Å². The number of fused-ring (bicyclic) bond motifs is 6. The lowest BCUT2D eigenvalue weighted by molar-refractivity contribution is -0.140. The van der Waals surface area contributed by atoms with Crippen molar-refractivity contribution in [1.82, 2.24) is 4.90 Å². The van der Waals surface area contributed by atoms with Crippen LogP contribution >= 0.6 is 0 Å². The molecule has 6 rings (SSSR count). The zero-order valence-corrected chi connectivity index (χ0v) is 24.3. The van der Waals surface area contributed by atoms with Crippen LogP contribution in [0.5, 0.6) is 0 Å². The highest BCUT2D eigenvalue weighted by molar-refractivity contribution is 5.77. The van der Waals surface area contributed by atoms with Crippen molar-refractivity contribution < 1.29 is 14.6 Å². The molecule has 0 radical (unpaired) electrons. The molecule has 1 amide bonds. The van der Waals surface area contributed by atoms with Crippen molar-refractivity contribution >= 4 is 5.91 Å². The normalized spacial score (nSPS) is 47.0. The lowest BCUT2D eigenvalue weighted by Crippen LogP contribution is -2.54. The number of hydrogen-bond donors (Lipinski definition) is 1. The van der Waals surface area contributed by atoms with E-state index in [1.54, 1.807) is 11.1 Å². The van der Waals surface area contributed by atoms with E-state index in [9.17, 15) is 9.90 Å². The summed E-state index contributed by atoms with van der Waals surface area (Å²) in [7, 11) is 0. The Bertz CT molecular complexity index is 998. The van der Waals surface area contributed by atoms with Crippen LogP contribution in [0, 0.1) is 40.9 Å². The lowest BCUT2D eigenvalue weighted by Gasteiger charge is -2.49. The smallest absolute Gasteiger partial charge is 0.222 e. The van der Waals surface area contributed by atoms with Crippen molar-refractivity contribution in [2.24, 2.45) is 40.9 Å². The summed E-state index contributed by atoms with van der Waals surface area (Å²) < 4.78 is 7.20. The molecule has 4 heteroatoms. The summed E-state index contributed by atoms with van der Waals surface area (Å²) >= 11 is 0. The number of allylic oxidation sites excluding steroid dienone is 2. The molecule has 4 fully saturated rings. The molecule has 6 aliphatic rings. The average molecular weight is 510 g/mol. The Morgan fingerprint density at radius 1 is 1.22 bits per heavy atom. The number of likely N-dealkylation sites (tertiary alicyclic amines) is 1. The molecule has 1 N–H and O–H groups in total. The molecule has 2 heterocycles. The maximum atomic E-state index is 13.5. The number of rotatable bonds is 3. The van der Waals surface area contributed by atoms with Crippen LogP contribution in [0.1, 0.15) is 106 Å². The number of carbonyl (C=O) groups excluding carboxylic acids is 1. The number of hydrogen-bond acceptors (Lipinski definition) is 3. The molecule has 37 heavy (non-hydrogen) atoms. The molecule has 4 nitrogen and oxygen atoms in total. The second-order valence-electron chi connectivity index (χ2n) is 14.7. The number of aliphatic hydroxyl groups is 1. The predicted octanol–water partition coefficient (Wildman–Crippen LogP) is 6.68. The number of nitrogens with zero attached hydrogens (tertiary/aromatic N) is 1. The molecule has 9 unspecified atom stereocenters. The fourth-order valence-electron chi connectivity index (χ4n) is 10.2. The molecule has 4 aliphatic carbocycles. The van der Waals surface area contributed by atoms with Crippen LogP contribution < -0.4 is 0 Å². The summed E-state index contributed by atoms with van der Waals surface area (Å²) in [5.74, 6) is 3.90. The minimum Gasteiger partial charge on any atom is -0.393 e. The average Bonchev–Trinajstić information content (AvgIpc) is 3.37. The Morgan fingerprint density at radius 3 is 2.76 bits per heavy atom. The van der Waals surface area contributed by atoms with E-state index >= 15 is 0 Å². The van der Waals surface area contributed by atoms with E-state index in [1.807, 2.05) is 0 Å². The SMILES string of the molecule is CC1=C2CC3C(CC=C4CC(O)CCC43C)C2CCC12OC1CC(C)CN(C(=O)CCC(C)C)C1[C@H]2C. The number of ether oxygens (including phenoxy) is 1. The largest absolute Gasteiger partial charge is 0.393 e. The summed E-state index contributed by atoms with van der Waals surface area (Å²) in [5, 5.41) is 10.4. The van der Waals surface area contributed by atoms with Crippen LogP contribution in [0.15, 0.2) is 22.8 Å². The molecule has 0 aromatic heterocycles. The van der Waals surface area contributed by atoms with Crippen molar-refractivity contribution in [2.45, 2.75) is 130 Å². The number of piperidine rings is 1. The second kappa shape index (κ2) is 9.22. The molecule has 2 saturated heterocycles. The summed E-state index contributed by atoms with van der Waals surface area (Å²) in [6.07, 6.45) is 13.0. The van der Waals surface area contributed by atoms with Crippen LogP contribution in [0.4, 0.5) is 0 Å². The monoisotopic (exact) mass is 509 g/mol. The third-order valence-corrected chi connectivity index (χ3v) is 12.3. The molecule has 2 saturated carbocycles. The summed E-state index contributed by atoms with van der Waals surface area (Å²) in [6, 6.07) is 0.220. The van der Waals surface area contributed by atoms with Gasteiger partial charge in [0.05, 0.1) is 23.9 Å². The van der Waals surface area contributed by atoms with Gasteiger partial charge in [-0.2, -0.15) is 0 Å². The van der Waals surface area contributed by atoms with E-state index < -0.39 is 0 Å². The molecule has 1 spiro atoms. The predicted molar refractivity (Wildman–Crippen MR) is 148 cm³/mol. The molecule has 2 aliphatic heterocycles. The Morgan fingerprint density at radius 2 is 2.00 bits per heavy atom. The molecular formula is C33H51NO3. The highest BCUT2D eigenvalue weighted by Gasteiger charge is 2.62. The first-order valence-corrected chi connectivity index (χ1v) is 15.6. The van der Waals surface area contributed by atoms with Gasteiger partial charge in [0.2, 0.25) is 5.91 Å². The number of amides is 1. The van der Waals surface area contributed by atoms with E-state index in [2.05, 4.69) is 52.5 Å². The van der Waals surface area contributed by atoms with E-state index in [4.69, 9.17) is 4.74 Å². The molecular weight excluding hydrogens is 458 g/mol. The first-order valence-electron chi connectivity index (χ1n) is 15.6. The highest BCUT2D eigenvalue weighted by atomic mass is 16.5. The van der Waals surface area contributed by atoms with Gasteiger partial charge in [0, 0.05) is 18.9 Å². The van der Waals surface area contributed by atoms with E-state index in [-0.39, 0.29) is 29.3 Å². The summed E-state index contributed by atoms with van der Waals surface area (Å²) in [6.45, 7) is 14.9. The van der Waals surface area contributed by atoms with Gasteiger partial charge in [-0.05, 0) is 105 Å². The molecule has 0 bridgehead atoms. The van der Waals surface area contributed by atoms with Crippen LogP contribution in [-0.4, -0.2) is 46.3 Å². The minimum absolute atomic E-state index is 0.145. The van der Waals surface area contributed by atoms with Crippen molar-refractivity contribution in [3.05, 3.63) is 22.8 Å². The third-order valence-electron chi connectivity index (χ3n) is 12.3. The first kappa shape index (κ1) is 26.1. The van der Waals surface area contributed by atoms with Crippen LogP contribution in [0.3, 0.4) is 0 Å². The van der Waals surface area contributed by atoms with Gasteiger partial charge in [-0.3, -0.25) is 4.79 Å². The van der Waals surface area contributed by atoms with Gasteiger partial charge >= 0.3 is 0 Å². The molecule has 0 aromatic rings. The van der Waals surface area contributed by atoms with Crippen molar-refractivity contribution in [1.29, 1.82) is 0 Å². The fourth-order valence-corrected chi connectivity index (χ4v) is 10.2. The Labute approximate surface area is 225 Å². The minimum atomic E-state index is -0.199. The van der Waals surface area contributed by atoms with Crippen LogP contribution in [0.25, 0.3) is 0 Å². The van der Waals surface area contributed by atoms with E-state index in [0.29, 0.717) is 41.9 Å². The van der Waals surface area contributed by atoms with Crippen molar-refractivity contribution in [3.63, 3.8) is 0 Å². The Hall–Kier alpha value is -1.13. The number of carbonyl (C=O) groups is 1.